The predicted octanol–water partition coefficient (Wildman–Crippen LogP) is 3.59. The number of halogens is 3. The van der Waals surface area contributed by atoms with E-state index in [1.54, 1.807) is 0 Å². The maximum atomic E-state index is 13.3. The number of hydrogen-bond acceptors (Lipinski definition) is 2. The molecule has 1 aromatic rings. The molecule has 0 aliphatic heterocycles. The van der Waals surface area contributed by atoms with Crippen molar-refractivity contribution in [2.45, 2.75) is 32.2 Å². The van der Waals surface area contributed by atoms with Gasteiger partial charge < -0.3 is 11.1 Å². The van der Waals surface area contributed by atoms with Gasteiger partial charge in [-0.15, -0.1) is 0 Å². The molecule has 1 aliphatic carbocycles. The summed E-state index contributed by atoms with van der Waals surface area (Å²) in [4.78, 5) is 12.3. The molecule has 1 aromatic carbocycles. The molecule has 0 bridgehead atoms. The van der Waals surface area contributed by atoms with Crippen LogP contribution in [0, 0.1) is 11.2 Å². The van der Waals surface area contributed by atoms with E-state index >= 15 is 0 Å². The molecule has 6 heteroatoms. The lowest BCUT2D eigenvalue weighted by Crippen LogP contribution is -2.44. The van der Waals surface area contributed by atoms with Crippen LogP contribution < -0.4 is 11.1 Å². The molecule has 1 aliphatic rings. The van der Waals surface area contributed by atoms with Gasteiger partial charge in [-0.1, -0.05) is 29.6 Å². The van der Waals surface area contributed by atoms with Gasteiger partial charge in [0.15, 0.2) is 5.82 Å². The third-order valence-corrected chi connectivity index (χ3v) is 4.34. The Labute approximate surface area is 121 Å². The number of amides is 1. The van der Waals surface area contributed by atoms with Gasteiger partial charge in [0.1, 0.15) is 0 Å². The van der Waals surface area contributed by atoms with Gasteiger partial charge >= 0.3 is 0 Å². The molecule has 0 radical (unpaired) electrons. The van der Waals surface area contributed by atoms with Crippen molar-refractivity contribution in [1.29, 1.82) is 0 Å². The van der Waals surface area contributed by atoms with Crippen LogP contribution in [0.15, 0.2) is 12.1 Å². The van der Waals surface area contributed by atoms with Crippen molar-refractivity contribution in [2.24, 2.45) is 11.1 Å². The lowest BCUT2D eigenvalue weighted by Gasteiger charge is -2.27. The molecular weight excluding hydrogens is 290 g/mol. The molecule has 1 saturated carbocycles. The minimum atomic E-state index is -0.690. The molecule has 0 spiro atoms. The largest absolute Gasteiger partial charge is 0.327 e. The second-order valence-electron chi connectivity index (χ2n) is 5.12. The number of hydrogen-bond donors (Lipinski definition) is 2. The molecule has 2 atom stereocenters. The molecule has 1 amide bonds. The first-order valence-electron chi connectivity index (χ1n) is 6.06. The zero-order valence-electron chi connectivity index (χ0n) is 10.5. The number of benzene rings is 1. The van der Waals surface area contributed by atoms with E-state index in [-0.39, 0.29) is 22.0 Å². The van der Waals surface area contributed by atoms with Crippen LogP contribution in [0.1, 0.15) is 26.2 Å². The van der Waals surface area contributed by atoms with Gasteiger partial charge in [0.25, 0.3) is 0 Å². The van der Waals surface area contributed by atoms with Crippen molar-refractivity contribution >= 4 is 34.8 Å². The fraction of sp³-hybridized carbons (Fsp3) is 0.462. The van der Waals surface area contributed by atoms with Crippen LogP contribution in [0.5, 0.6) is 0 Å². The summed E-state index contributed by atoms with van der Waals surface area (Å²) in [5.41, 5.74) is 5.75. The Hall–Kier alpha value is -0.840. The van der Waals surface area contributed by atoms with E-state index in [4.69, 9.17) is 28.9 Å². The van der Waals surface area contributed by atoms with Gasteiger partial charge in [0.2, 0.25) is 5.91 Å². The number of nitrogens with two attached hydrogens (primary N) is 1. The third kappa shape index (κ3) is 2.71. The molecule has 1 fully saturated rings. The Morgan fingerprint density at radius 1 is 1.47 bits per heavy atom. The van der Waals surface area contributed by atoms with E-state index in [0.717, 1.165) is 19.3 Å². The second kappa shape index (κ2) is 5.27. The quantitative estimate of drug-likeness (QED) is 0.820. The molecule has 2 rings (SSSR count). The van der Waals surface area contributed by atoms with Crippen molar-refractivity contribution in [1.82, 2.24) is 0 Å². The summed E-state index contributed by atoms with van der Waals surface area (Å²) in [5.74, 6) is -0.874. The smallest absolute Gasteiger partial charge is 0.231 e. The summed E-state index contributed by atoms with van der Waals surface area (Å²) in [6.45, 7) is 1.84. The van der Waals surface area contributed by atoms with Gasteiger partial charge in [-0.3, -0.25) is 4.79 Å². The molecule has 104 valence electrons. The van der Waals surface area contributed by atoms with Gasteiger partial charge in [-0.25, -0.2) is 4.39 Å². The van der Waals surface area contributed by atoms with E-state index in [9.17, 15) is 9.18 Å². The highest BCUT2D eigenvalue weighted by Gasteiger charge is 2.42. The molecule has 19 heavy (non-hydrogen) atoms. The van der Waals surface area contributed by atoms with E-state index in [1.807, 2.05) is 6.92 Å². The SMILES string of the molecule is CC1(C(=O)Nc2cc(Cl)c(F)c(Cl)c2)CCCC1N. The first-order valence-corrected chi connectivity index (χ1v) is 6.82. The number of anilines is 1. The summed E-state index contributed by atoms with van der Waals surface area (Å²) >= 11 is 11.4. The zero-order valence-corrected chi connectivity index (χ0v) is 12.0. The first kappa shape index (κ1) is 14.6. The molecular formula is C13H15Cl2FN2O. The van der Waals surface area contributed by atoms with Crippen molar-refractivity contribution in [3.8, 4) is 0 Å². The fourth-order valence-electron chi connectivity index (χ4n) is 2.38. The molecule has 0 aromatic heterocycles. The molecule has 3 N–H and O–H groups in total. The average Bonchev–Trinajstić information content (AvgIpc) is 2.68. The van der Waals surface area contributed by atoms with Crippen LogP contribution in [-0.2, 0) is 4.79 Å². The van der Waals surface area contributed by atoms with Crippen LogP contribution in [0.4, 0.5) is 10.1 Å². The lowest BCUT2D eigenvalue weighted by molar-refractivity contribution is -0.125. The van der Waals surface area contributed by atoms with Gasteiger partial charge in [0, 0.05) is 11.7 Å². The summed E-state index contributed by atoms with van der Waals surface area (Å²) in [7, 11) is 0. The van der Waals surface area contributed by atoms with Crippen molar-refractivity contribution in [3.63, 3.8) is 0 Å². The highest BCUT2D eigenvalue weighted by molar-refractivity contribution is 6.35. The standard InChI is InChI=1S/C13H15Cl2FN2O/c1-13(4-2-3-10(13)17)12(19)18-7-5-8(14)11(16)9(15)6-7/h5-6,10H,2-4,17H2,1H3,(H,18,19). The second-order valence-corrected chi connectivity index (χ2v) is 5.94. The van der Waals surface area contributed by atoms with Crippen LogP contribution in [0.2, 0.25) is 10.0 Å². The Balaban J connectivity index is 2.20. The van der Waals surface area contributed by atoms with E-state index < -0.39 is 11.2 Å². The summed E-state index contributed by atoms with van der Waals surface area (Å²) in [5, 5.41) is 2.47. The van der Waals surface area contributed by atoms with E-state index in [1.165, 1.54) is 12.1 Å². The van der Waals surface area contributed by atoms with Gasteiger partial charge in [-0.05, 0) is 31.9 Å². The van der Waals surface area contributed by atoms with Crippen molar-refractivity contribution < 1.29 is 9.18 Å². The Bertz CT molecular complexity index is 500. The Morgan fingerprint density at radius 2 is 2.05 bits per heavy atom. The Morgan fingerprint density at radius 3 is 2.53 bits per heavy atom. The molecule has 2 unspecified atom stereocenters. The van der Waals surface area contributed by atoms with Gasteiger partial charge in [0.05, 0.1) is 15.5 Å². The minimum absolute atomic E-state index is 0.122. The molecule has 3 nitrogen and oxygen atoms in total. The van der Waals surface area contributed by atoms with Crippen LogP contribution >= 0.6 is 23.2 Å². The van der Waals surface area contributed by atoms with E-state index in [2.05, 4.69) is 5.32 Å². The maximum absolute atomic E-state index is 13.3. The van der Waals surface area contributed by atoms with Gasteiger partial charge in [-0.2, -0.15) is 0 Å². The topological polar surface area (TPSA) is 55.1 Å². The molecule has 0 saturated heterocycles. The third-order valence-electron chi connectivity index (χ3n) is 3.79. The summed E-state index contributed by atoms with van der Waals surface area (Å²) in [6, 6.07) is 2.51. The maximum Gasteiger partial charge on any atom is 0.231 e. The normalized spacial score (nSPS) is 26.5. The predicted molar refractivity (Wildman–Crippen MR) is 75.0 cm³/mol. The average molecular weight is 305 g/mol. The first-order chi connectivity index (χ1) is 8.84. The van der Waals surface area contributed by atoms with Crippen molar-refractivity contribution in [2.75, 3.05) is 5.32 Å². The van der Waals surface area contributed by atoms with E-state index in [0.29, 0.717) is 5.69 Å². The summed E-state index contributed by atoms with van der Waals surface area (Å²) in [6.07, 6.45) is 2.49. The number of nitrogens with one attached hydrogen (secondary N) is 1. The summed E-state index contributed by atoms with van der Waals surface area (Å²) < 4.78 is 13.3. The number of carbonyl (C=O) groups excluding carboxylic acids is 1. The highest BCUT2D eigenvalue weighted by Crippen LogP contribution is 2.38. The highest BCUT2D eigenvalue weighted by atomic mass is 35.5. The van der Waals surface area contributed by atoms with Crippen LogP contribution in [0.25, 0.3) is 0 Å². The van der Waals surface area contributed by atoms with Crippen LogP contribution in [-0.4, -0.2) is 11.9 Å². The fourth-order valence-corrected chi connectivity index (χ4v) is 2.86. The minimum Gasteiger partial charge on any atom is -0.327 e. The number of rotatable bonds is 2. The number of carbonyl (C=O) groups is 1. The van der Waals surface area contributed by atoms with Crippen molar-refractivity contribution in [3.05, 3.63) is 28.0 Å². The monoisotopic (exact) mass is 304 g/mol. The lowest BCUT2D eigenvalue weighted by atomic mass is 9.84. The van der Waals surface area contributed by atoms with Crippen LogP contribution in [0.3, 0.4) is 0 Å². The zero-order chi connectivity index (χ0) is 14.2. The molecule has 0 heterocycles. The Kier molecular flexibility index (Phi) is 4.04.